The molecule has 3 N–H and O–H groups in total. The largest absolute Gasteiger partial charge is 0.493 e. The molecule has 27 nitrogen and oxygen atoms in total. The fourth-order valence-corrected chi connectivity index (χ4v) is 19.2. The maximum atomic E-state index is 13.1. The summed E-state index contributed by atoms with van der Waals surface area (Å²) < 4.78 is 138. The topological polar surface area (TPSA) is 298 Å². The molecular formula is C71H112O27. The van der Waals surface area contributed by atoms with Crippen molar-refractivity contribution in [1.82, 2.24) is 0 Å². The molecule has 35 atom stereocenters. The molecule has 8 heterocycles. The molecule has 7 saturated heterocycles. The molecule has 0 radical (unpaired) electrons. The van der Waals surface area contributed by atoms with Crippen molar-refractivity contribution in [2.75, 3.05) is 42.3 Å². The summed E-state index contributed by atoms with van der Waals surface area (Å²) in [7, 11) is 7.67. The quantitative estimate of drug-likeness (QED) is 0.0976. The van der Waals surface area contributed by atoms with Crippen molar-refractivity contribution in [1.29, 1.82) is 0 Å². The van der Waals surface area contributed by atoms with E-state index in [1.165, 1.54) is 26.7 Å². The number of methoxy groups -OCH3 is 5. The van der Waals surface area contributed by atoms with E-state index >= 15 is 0 Å². The first kappa shape index (κ1) is 75.2. The van der Waals surface area contributed by atoms with Gasteiger partial charge in [0.2, 0.25) is 6.29 Å². The molecule has 558 valence electrons. The van der Waals surface area contributed by atoms with E-state index in [0.29, 0.717) is 30.6 Å². The first-order valence-corrected chi connectivity index (χ1v) is 36.0. The Labute approximate surface area is 576 Å². The summed E-state index contributed by atoms with van der Waals surface area (Å²) in [6.45, 7) is 20.7. The highest BCUT2D eigenvalue weighted by molar-refractivity contribution is 5.96. The number of allylic oxidation sites excluding steroid dienone is 1. The van der Waals surface area contributed by atoms with Gasteiger partial charge in [-0.25, -0.2) is 0 Å². The number of fused-ring (bicyclic) bond motifs is 6. The number of carbonyl (C=O) groups is 2. The fraction of sp³-hybridized carbons (Fsp3) is 0.915. The summed E-state index contributed by atoms with van der Waals surface area (Å²) in [4.78, 5) is 25.2. The summed E-state index contributed by atoms with van der Waals surface area (Å²) >= 11 is 0. The standard InChI is InChI=1S/C71H112O27/c1-33-25-48(77-12)58(75)66(84-33)92-43-19-22-68(10)42(26-43)17-18-44-45(68)20-23-69(11)46(44)21-24-70(69,76)40(8)90-54-30-51-63(38(6)88-54)98-71(83-32-82-51)31-52(80-15)62(39(7)97-71)94-53-27-47(73)59(35(3)85-53)93-55-28-49(78-13)60(36(4)86-55)95-56-29-50(79-14)61(37(5)87-56)96-67-65(91-41(9)72)64(81-16)57(74)34(2)89-67/h17,25,33-40,43-47,49-57,59-67,73-74,76H,18-24,26-32H2,1-16H3/t33-,34-,35-,36-,37-,38-,39-,40+,43+,44-,45+,46+,47+,49-,50+,51-,52-,53+,54+,55+,56+,57+,59-,60-,61-,62-,63-,64+,65-,66?,67+,68+,69+,70+,71-/m1/s1. The van der Waals surface area contributed by atoms with E-state index in [2.05, 4.69) is 19.9 Å². The third-order valence-electron chi connectivity index (χ3n) is 24.5. The number of hydrogen-bond donors (Lipinski definition) is 3. The van der Waals surface area contributed by atoms with E-state index < -0.39 is 177 Å². The van der Waals surface area contributed by atoms with Crippen LogP contribution >= 0.6 is 0 Å². The summed E-state index contributed by atoms with van der Waals surface area (Å²) in [5.41, 5.74) is -0.0353. The van der Waals surface area contributed by atoms with Crippen LogP contribution in [0.5, 0.6) is 0 Å². The van der Waals surface area contributed by atoms with Gasteiger partial charge in [0.15, 0.2) is 50.1 Å². The Morgan fingerprint density at radius 1 is 0.633 bits per heavy atom. The van der Waals surface area contributed by atoms with Crippen LogP contribution in [0.25, 0.3) is 0 Å². The third-order valence-corrected chi connectivity index (χ3v) is 24.5. The minimum atomic E-state index is -1.58. The van der Waals surface area contributed by atoms with Gasteiger partial charge < -0.3 is 120 Å². The first-order valence-electron chi connectivity index (χ1n) is 36.0. The minimum absolute atomic E-state index is 0.0105. The second kappa shape index (κ2) is 30.5. The molecule has 98 heavy (non-hydrogen) atoms. The molecular weight excluding hydrogens is 1280 g/mol. The van der Waals surface area contributed by atoms with E-state index in [-0.39, 0.29) is 67.1 Å². The van der Waals surface area contributed by atoms with Crippen LogP contribution in [0, 0.1) is 28.6 Å². The summed E-state index contributed by atoms with van der Waals surface area (Å²) in [5.74, 6) is -0.936. The lowest BCUT2D eigenvalue weighted by molar-refractivity contribution is -0.447. The lowest BCUT2D eigenvalue weighted by Gasteiger charge is -2.59. The second-order valence-corrected chi connectivity index (χ2v) is 30.3. The predicted molar refractivity (Wildman–Crippen MR) is 340 cm³/mol. The molecule has 12 rings (SSSR count). The number of carbonyl (C=O) groups excluding carboxylic acids is 2. The molecule has 0 aromatic carbocycles. The molecule has 1 spiro atoms. The van der Waals surface area contributed by atoms with E-state index in [4.69, 9.17) is 104 Å². The Hall–Kier alpha value is -2.50. The van der Waals surface area contributed by atoms with Crippen LogP contribution in [0.15, 0.2) is 23.5 Å². The first-order chi connectivity index (χ1) is 46.6. The predicted octanol–water partition coefficient (Wildman–Crippen LogP) is 6.07. The van der Waals surface area contributed by atoms with Crippen molar-refractivity contribution in [2.45, 2.75) is 343 Å². The molecule has 10 fully saturated rings. The van der Waals surface area contributed by atoms with Crippen LogP contribution in [0.4, 0.5) is 0 Å². The molecule has 0 bridgehead atoms. The number of rotatable bonds is 19. The number of aliphatic hydroxyl groups excluding tert-OH is 2. The van der Waals surface area contributed by atoms with E-state index in [1.54, 1.807) is 34.3 Å². The van der Waals surface area contributed by atoms with Gasteiger partial charge >= 0.3 is 5.97 Å². The Kier molecular flexibility index (Phi) is 23.4. The van der Waals surface area contributed by atoms with Gasteiger partial charge in [0, 0.05) is 66.5 Å². The Bertz CT molecular complexity index is 2770. The highest BCUT2D eigenvalue weighted by Gasteiger charge is 2.67. The van der Waals surface area contributed by atoms with Crippen LogP contribution in [-0.2, 0) is 114 Å². The molecule has 3 saturated carbocycles. The zero-order chi connectivity index (χ0) is 70.1. The van der Waals surface area contributed by atoms with Crippen molar-refractivity contribution in [3.8, 4) is 0 Å². The van der Waals surface area contributed by atoms with E-state index in [0.717, 1.165) is 44.9 Å². The SMILES string of the molecule is COC1=C[C@@H](C)OC(O[C@H]2CC[C@@]3(C)C(=CC[C@@H]4[C@@H]3CC[C@@]3(C)[C@H]4CC[C@]3(O)[C@H](C)O[C@H]3C[C@H]4OCO[C@@]5(C[C@@H](OC)[C@H](O[C@H]6C[C@H](O)[C@H](O[C@H]7C[C@@H](OC)[C@H](O[C@H]8C[C@H](OC)[C@H](O[C@@H]9O[C@H](C)[C@H](O)[C@H](OC)[C@H]9OC(C)=O)[C@@H](C)O8)[C@@H](C)O7)[C@@H](C)O6)[C@@H](C)O5)O[C@@H]4[C@@H](C)O3)C2)C1=O. The van der Waals surface area contributed by atoms with Crippen LogP contribution < -0.4 is 0 Å². The Morgan fingerprint density at radius 3 is 1.90 bits per heavy atom. The molecule has 8 aliphatic heterocycles. The molecule has 1 unspecified atom stereocenters. The van der Waals surface area contributed by atoms with Gasteiger partial charge in [-0.2, -0.15) is 0 Å². The third kappa shape index (κ3) is 14.7. The van der Waals surface area contributed by atoms with Crippen molar-refractivity contribution >= 4 is 11.8 Å². The Morgan fingerprint density at radius 2 is 1.26 bits per heavy atom. The monoisotopic (exact) mass is 1400 g/mol. The van der Waals surface area contributed by atoms with Gasteiger partial charge in [0.25, 0.3) is 11.8 Å². The zero-order valence-electron chi connectivity index (χ0n) is 60.1. The van der Waals surface area contributed by atoms with E-state index in [9.17, 15) is 24.9 Å². The maximum Gasteiger partial charge on any atom is 0.303 e. The highest BCUT2D eigenvalue weighted by atomic mass is 16.9. The number of ether oxygens (including phenoxy) is 22. The van der Waals surface area contributed by atoms with Crippen LogP contribution in [0.3, 0.4) is 0 Å². The van der Waals surface area contributed by atoms with Gasteiger partial charge in [-0.15, -0.1) is 0 Å². The number of Topliss-reactive ketones (excluding diaryl/α,β-unsaturated/α-hetero) is 1. The van der Waals surface area contributed by atoms with Crippen LogP contribution in [-0.4, -0.2) is 253 Å². The number of esters is 1. The van der Waals surface area contributed by atoms with E-state index in [1.807, 2.05) is 48.5 Å². The zero-order valence-corrected chi connectivity index (χ0v) is 60.1. The molecule has 0 aromatic rings. The summed E-state index contributed by atoms with van der Waals surface area (Å²) in [5, 5.41) is 35.6. The lowest BCUT2D eigenvalue weighted by Crippen LogP contribution is -2.62. The van der Waals surface area contributed by atoms with Gasteiger partial charge in [-0.3, -0.25) is 9.59 Å². The number of aliphatic hydroxyl groups is 3. The second-order valence-electron chi connectivity index (χ2n) is 30.3. The van der Waals surface area contributed by atoms with Crippen molar-refractivity contribution in [3.63, 3.8) is 0 Å². The molecule has 27 heteroatoms. The molecule has 12 aliphatic rings. The van der Waals surface area contributed by atoms with Gasteiger partial charge in [0.1, 0.15) is 42.7 Å². The smallest absolute Gasteiger partial charge is 0.303 e. The maximum absolute atomic E-state index is 13.1. The Balaban J connectivity index is 0.601. The van der Waals surface area contributed by atoms with Crippen molar-refractivity contribution in [2.24, 2.45) is 28.6 Å². The van der Waals surface area contributed by atoms with Gasteiger partial charge in [-0.1, -0.05) is 25.5 Å². The summed E-state index contributed by atoms with van der Waals surface area (Å²) in [6.07, 6.45) is -7.16. The van der Waals surface area contributed by atoms with Crippen LogP contribution in [0.1, 0.15) is 160 Å². The molecule has 4 aliphatic carbocycles. The molecule has 0 aromatic heterocycles. The molecule has 0 amide bonds. The fourth-order valence-electron chi connectivity index (χ4n) is 19.2. The van der Waals surface area contributed by atoms with Gasteiger partial charge in [0.05, 0.1) is 105 Å². The number of ketones is 1. The van der Waals surface area contributed by atoms with Crippen molar-refractivity contribution < 1.29 is 129 Å². The van der Waals surface area contributed by atoms with Crippen molar-refractivity contribution in [3.05, 3.63) is 23.5 Å². The minimum Gasteiger partial charge on any atom is -0.493 e. The normalized spacial score (nSPS) is 50.9. The summed E-state index contributed by atoms with van der Waals surface area (Å²) in [6, 6.07) is 0. The highest BCUT2D eigenvalue weighted by Crippen LogP contribution is 2.68. The lowest BCUT2D eigenvalue weighted by atomic mass is 9.46. The van der Waals surface area contributed by atoms with Gasteiger partial charge in [-0.05, 0) is 136 Å². The number of hydrogen-bond acceptors (Lipinski definition) is 27. The average molecular weight is 1400 g/mol. The average Bonchev–Trinajstić information content (AvgIpc) is 1.45. The van der Waals surface area contributed by atoms with Crippen LogP contribution in [0.2, 0.25) is 0 Å².